The van der Waals surface area contributed by atoms with Crippen molar-refractivity contribution in [1.82, 2.24) is 4.90 Å². The number of nitrogens with zero attached hydrogens (tertiary/aromatic N) is 1. The minimum Gasteiger partial charge on any atom is -0.497 e. The number of ether oxygens (including phenoxy) is 2. The lowest BCUT2D eigenvalue weighted by atomic mass is 9.84. The van der Waals surface area contributed by atoms with Crippen LogP contribution in [-0.2, 0) is 16.1 Å². The molecule has 2 unspecified atom stereocenters. The van der Waals surface area contributed by atoms with Gasteiger partial charge < -0.3 is 19.2 Å². The van der Waals surface area contributed by atoms with Gasteiger partial charge in [-0.3, -0.25) is 4.79 Å². The van der Waals surface area contributed by atoms with Crippen LogP contribution in [0.15, 0.2) is 53.4 Å². The molecule has 0 aliphatic carbocycles. The molecule has 0 spiro atoms. The maximum Gasteiger partial charge on any atom is 0.242 e. The lowest BCUT2D eigenvalue weighted by Crippen LogP contribution is -2.72. The van der Waals surface area contributed by atoms with Gasteiger partial charge in [-0.05, 0) is 30.7 Å². The maximum absolute atomic E-state index is 13.1. The Labute approximate surface area is 163 Å². The fourth-order valence-corrected chi connectivity index (χ4v) is 4.80. The van der Waals surface area contributed by atoms with Crippen molar-refractivity contribution < 1.29 is 19.1 Å². The van der Waals surface area contributed by atoms with Gasteiger partial charge in [0, 0.05) is 16.5 Å². The van der Waals surface area contributed by atoms with E-state index in [-0.39, 0.29) is 5.91 Å². The number of likely N-dealkylation sites (tertiary alicyclic amines) is 1. The number of hydrogen-bond acceptors (Lipinski definition) is 5. The minimum atomic E-state index is -0.747. The van der Waals surface area contributed by atoms with Crippen LogP contribution in [0.5, 0.6) is 11.5 Å². The third-order valence-electron chi connectivity index (χ3n) is 4.97. The summed E-state index contributed by atoms with van der Waals surface area (Å²) in [5.41, 5.74) is 0.841. The van der Waals surface area contributed by atoms with E-state index in [2.05, 4.69) is 0 Å². The standard InChI is InChI=1S/C21H23NO4S/c1-4-21(27-17-8-6-5-7-9-17)19(14-23)22(20(21)24)13-15-10-11-16(25-2)12-18(15)26-3/h5-12,14,19H,4,13H2,1-3H3. The molecule has 1 aliphatic rings. The highest BCUT2D eigenvalue weighted by Crippen LogP contribution is 2.48. The Morgan fingerprint density at radius 3 is 2.48 bits per heavy atom. The fraction of sp³-hybridized carbons (Fsp3) is 0.333. The summed E-state index contributed by atoms with van der Waals surface area (Å²) < 4.78 is 9.89. The molecule has 0 N–H and O–H groups in total. The summed E-state index contributed by atoms with van der Waals surface area (Å²) in [4.78, 5) is 27.6. The van der Waals surface area contributed by atoms with Crippen LogP contribution < -0.4 is 9.47 Å². The van der Waals surface area contributed by atoms with Gasteiger partial charge in [0.2, 0.25) is 5.91 Å². The second-order valence-corrected chi connectivity index (χ2v) is 7.75. The summed E-state index contributed by atoms with van der Waals surface area (Å²) >= 11 is 1.48. The molecule has 2 aromatic carbocycles. The number of β-lactam (4-membered cyclic amide) rings is 1. The predicted molar refractivity (Wildman–Crippen MR) is 105 cm³/mol. The Hall–Kier alpha value is -2.47. The smallest absolute Gasteiger partial charge is 0.242 e. The molecule has 2 atom stereocenters. The number of carbonyl (C=O) groups is 2. The zero-order chi connectivity index (χ0) is 19.4. The summed E-state index contributed by atoms with van der Waals surface area (Å²) in [6.07, 6.45) is 1.47. The van der Waals surface area contributed by atoms with Crippen molar-refractivity contribution in [2.75, 3.05) is 14.2 Å². The fourth-order valence-electron chi connectivity index (χ4n) is 3.44. The number of benzene rings is 2. The van der Waals surface area contributed by atoms with E-state index in [4.69, 9.17) is 9.47 Å². The van der Waals surface area contributed by atoms with Gasteiger partial charge in [-0.2, -0.15) is 0 Å². The van der Waals surface area contributed by atoms with Crippen LogP contribution in [0.4, 0.5) is 0 Å². The highest BCUT2D eigenvalue weighted by Gasteiger charge is 2.60. The molecule has 142 valence electrons. The van der Waals surface area contributed by atoms with Crippen LogP contribution in [0.25, 0.3) is 0 Å². The normalized spacial score (nSPS) is 21.5. The monoisotopic (exact) mass is 385 g/mol. The molecule has 1 amide bonds. The van der Waals surface area contributed by atoms with E-state index in [1.54, 1.807) is 25.2 Å². The average Bonchev–Trinajstić information content (AvgIpc) is 2.72. The van der Waals surface area contributed by atoms with E-state index in [0.29, 0.717) is 24.5 Å². The van der Waals surface area contributed by atoms with Crippen molar-refractivity contribution >= 4 is 24.0 Å². The van der Waals surface area contributed by atoms with Crippen molar-refractivity contribution in [3.05, 3.63) is 54.1 Å². The lowest BCUT2D eigenvalue weighted by Gasteiger charge is -2.53. The summed E-state index contributed by atoms with van der Waals surface area (Å²) in [6, 6.07) is 14.7. The SMILES string of the molecule is CCC1(Sc2ccccc2)C(=O)N(Cc2ccc(OC)cc2OC)C1C=O. The topological polar surface area (TPSA) is 55.8 Å². The van der Waals surface area contributed by atoms with Crippen LogP contribution in [-0.4, -0.2) is 42.1 Å². The second kappa shape index (κ2) is 8.05. The Balaban J connectivity index is 1.84. The van der Waals surface area contributed by atoms with Crippen molar-refractivity contribution in [3.63, 3.8) is 0 Å². The van der Waals surface area contributed by atoms with Crippen molar-refractivity contribution in [2.24, 2.45) is 0 Å². The van der Waals surface area contributed by atoms with Gasteiger partial charge >= 0.3 is 0 Å². The second-order valence-electron chi connectivity index (χ2n) is 6.35. The molecule has 2 aromatic rings. The van der Waals surface area contributed by atoms with E-state index in [1.165, 1.54) is 11.8 Å². The lowest BCUT2D eigenvalue weighted by molar-refractivity contribution is -0.156. The van der Waals surface area contributed by atoms with Gasteiger partial charge in [-0.25, -0.2) is 0 Å². The van der Waals surface area contributed by atoms with Gasteiger partial charge in [-0.1, -0.05) is 25.1 Å². The highest BCUT2D eigenvalue weighted by atomic mass is 32.2. The Morgan fingerprint density at radius 2 is 1.89 bits per heavy atom. The maximum atomic E-state index is 13.1. The quantitative estimate of drug-likeness (QED) is 0.514. The number of methoxy groups -OCH3 is 2. The predicted octanol–water partition coefficient (Wildman–Crippen LogP) is 3.55. The summed E-state index contributed by atoms with van der Waals surface area (Å²) in [5.74, 6) is 1.30. The largest absolute Gasteiger partial charge is 0.497 e. The zero-order valence-electron chi connectivity index (χ0n) is 15.7. The van der Waals surface area contributed by atoms with Crippen molar-refractivity contribution in [2.45, 2.75) is 35.6 Å². The number of aldehydes is 1. The first-order valence-corrected chi connectivity index (χ1v) is 9.62. The molecule has 27 heavy (non-hydrogen) atoms. The summed E-state index contributed by atoms with van der Waals surface area (Å²) in [7, 11) is 3.17. The third-order valence-corrected chi connectivity index (χ3v) is 6.55. The number of thioether (sulfide) groups is 1. The first-order valence-electron chi connectivity index (χ1n) is 8.81. The van der Waals surface area contributed by atoms with Crippen LogP contribution in [0.1, 0.15) is 18.9 Å². The van der Waals surface area contributed by atoms with E-state index in [9.17, 15) is 9.59 Å². The highest BCUT2D eigenvalue weighted by molar-refractivity contribution is 8.01. The molecule has 0 saturated carbocycles. The number of hydrogen-bond donors (Lipinski definition) is 0. The molecule has 0 radical (unpaired) electrons. The first kappa shape index (κ1) is 19.3. The van der Waals surface area contributed by atoms with Gasteiger partial charge in [0.25, 0.3) is 0 Å². The van der Waals surface area contributed by atoms with Gasteiger partial charge in [-0.15, -0.1) is 11.8 Å². The Kier molecular flexibility index (Phi) is 5.75. The molecule has 1 aliphatic heterocycles. The van der Waals surface area contributed by atoms with Crippen LogP contribution in [0, 0.1) is 0 Å². The van der Waals surface area contributed by atoms with E-state index in [0.717, 1.165) is 16.7 Å². The van der Waals surface area contributed by atoms with E-state index in [1.807, 2.05) is 49.4 Å². The average molecular weight is 385 g/mol. The van der Waals surface area contributed by atoms with Crippen molar-refractivity contribution in [3.8, 4) is 11.5 Å². The van der Waals surface area contributed by atoms with Gasteiger partial charge in [0.15, 0.2) is 0 Å². The Morgan fingerprint density at radius 1 is 1.15 bits per heavy atom. The molecule has 0 aromatic heterocycles. The molecule has 6 heteroatoms. The van der Waals surface area contributed by atoms with E-state index >= 15 is 0 Å². The van der Waals surface area contributed by atoms with Gasteiger partial charge in [0.1, 0.15) is 28.6 Å². The number of amides is 1. The molecular formula is C21H23NO4S. The van der Waals surface area contributed by atoms with Crippen molar-refractivity contribution in [1.29, 1.82) is 0 Å². The number of rotatable bonds is 8. The summed E-state index contributed by atoms with van der Waals surface area (Å²) in [5, 5.41) is 0. The van der Waals surface area contributed by atoms with Crippen LogP contribution >= 0.6 is 11.8 Å². The van der Waals surface area contributed by atoms with Gasteiger partial charge in [0.05, 0.1) is 20.8 Å². The van der Waals surface area contributed by atoms with Crippen LogP contribution in [0.3, 0.4) is 0 Å². The summed E-state index contributed by atoms with van der Waals surface area (Å²) in [6.45, 7) is 2.28. The molecule has 3 rings (SSSR count). The molecule has 0 bridgehead atoms. The van der Waals surface area contributed by atoms with Crippen LogP contribution in [0.2, 0.25) is 0 Å². The Bertz CT molecular complexity index is 826. The third kappa shape index (κ3) is 3.41. The molecule has 1 fully saturated rings. The molecule has 1 saturated heterocycles. The molecule has 1 heterocycles. The number of carbonyl (C=O) groups excluding carboxylic acids is 2. The minimum absolute atomic E-state index is 0.0196. The molecule has 5 nitrogen and oxygen atoms in total. The van der Waals surface area contributed by atoms with E-state index < -0.39 is 10.8 Å². The first-order chi connectivity index (χ1) is 13.1. The zero-order valence-corrected chi connectivity index (χ0v) is 16.5. The molecular weight excluding hydrogens is 362 g/mol.